The third-order valence-electron chi connectivity index (χ3n) is 2.39. The molecule has 0 aliphatic rings. The fraction of sp³-hybridized carbons (Fsp3) is 0.636. The number of hydrogen-bond donors (Lipinski definition) is 1. The predicted molar refractivity (Wildman–Crippen MR) is 63.3 cm³/mol. The van der Waals surface area contributed by atoms with Gasteiger partial charge in [0.05, 0.1) is 6.04 Å². The van der Waals surface area contributed by atoms with Gasteiger partial charge in [0, 0.05) is 19.1 Å². The van der Waals surface area contributed by atoms with Gasteiger partial charge >= 0.3 is 0 Å². The predicted octanol–water partition coefficient (Wildman–Crippen LogP) is 2.33. The Kier molecular flexibility index (Phi) is 5.25. The van der Waals surface area contributed by atoms with Crippen LogP contribution in [-0.2, 0) is 9.47 Å². The van der Waals surface area contributed by atoms with Crippen LogP contribution in [0.5, 0.6) is 0 Å². The van der Waals surface area contributed by atoms with Gasteiger partial charge in [-0.2, -0.15) is 0 Å². The zero-order valence-electron chi connectivity index (χ0n) is 9.74. The zero-order chi connectivity index (χ0) is 11.3. The normalized spacial score (nSPS) is 13.4. The maximum absolute atomic E-state index is 5.31. The summed E-state index contributed by atoms with van der Waals surface area (Å²) >= 11 is 1.75. The Bertz CT molecular complexity index is 284. The van der Waals surface area contributed by atoms with Crippen molar-refractivity contribution in [3.8, 4) is 0 Å². The van der Waals surface area contributed by atoms with Crippen LogP contribution >= 0.6 is 11.3 Å². The van der Waals surface area contributed by atoms with Crippen LogP contribution in [0.1, 0.15) is 23.4 Å². The van der Waals surface area contributed by atoms with E-state index in [1.807, 2.05) is 0 Å². The second kappa shape index (κ2) is 6.23. The van der Waals surface area contributed by atoms with Crippen LogP contribution in [0.25, 0.3) is 0 Å². The van der Waals surface area contributed by atoms with Crippen LogP contribution in [-0.4, -0.2) is 27.1 Å². The molecule has 0 radical (unpaired) electrons. The first kappa shape index (κ1) is 12.6. The average molecular weight is 229 g/mol. The summed E-state index contributed by atoms with van der Waals surface area (Å²) in [6, 6.07) is 2.23. The van der Waals surface area contributed by atoms with Crippen LogP contribution in [0, 0.1) is 6.92 Å². The van der Waals surface area contributed by atoms with E-state index in [1.165, 1.54) is 10.4 Å². The van der Waals surface area contributed by atoms with Crippen molar-refractivity contribution in [2.75, 3.05) is 20.8 Å². The molecule has 0 spiro atoms. The van der Waals surface area contributed by atoms with Crippen molar-refractivity contribution >= 4 is 11.3 Å². The molecular formula is C11H19NO2S. The van der Waals surface area contributed by atoms with Crippen molar-refractivity contribution in [3.05, 3.63) is 21.9 Å². The van der Waals surface area contributed by atoms with Crippen molar-refractivity contribution in [2.24, 2.45) is 0 Å². The second-order valence-electron chi connectivity index (χ2n) is 3.31. The third-order valence-corrected chi connectivity index (χ3v) is 3.26. The van der Waals surface area contributed by atoms with Crippen LogP contribution in [0.2, 0.25) is 0 Å². The first-order chi connectivity index (χ1) is 7.24. The SMILES string of the molecule is CCNC(c1ccsc1C)C(OC)OC. The quantitative estimate of drug-likeness (QED) is 0.759. The minimum Gasteiger partial charge on any atom is -0.354 e. The molecule has 1 unspecified atom stereocenters. The number of thiophene rings is 1. The average Bonchev–Trinajstić information content (AvgIpc) is 2.65. The number of ether oxygens (including phenoxy) is 2. The highest BCUT2D eigenvalue weighted by Gasteiger charge is 2.23. The highest BCUT2D eigenvalue weighted by atomic mass is 32.1. The van der Waals surface area contributed by atoms with E-state index < -0.39 is 0 Å². The largest absolute Gasteiger partial charge is 0.354 e. The maximum Gasteiger partial charge on any atom is 0.176 e. The Morgan fingerprint density at radius 1 is 1.40 bits per heavy atom. The standard InChI is InChI=1S/C11H19NO2S/c1-5-12-10(11(13-3)14-4)9-6-7-15-8(9)2/h6-7,10-12H,5H2,1-4H3. The Hall–Kier alpha value is -0.420. The molecule has 86 valence electrons. The van der Waals surface area contributed by atoms with Crippen molar-refractivity contribution < 1.29 is 9.47 Å². The lowest BCUT2D eigenvalue weighted by atomic mass is 10.1. The molecule has 0 bridgehead atoms. The summed E-state index contributed by atoms with van der Waals surface area (Å²) in [6.45, 7) is 5.09. The van der Waals surface area contributed by atoms with Gasteiger partial charge in [-0.3, -0.25) is 0 Å². The van der Waals surface area contributed by atoms with Gasteiger partial charge in [0.2, 0.25) is 0 Å². The van der Waals surface area contributed by atoms with E-state index in [0.29, 0.717) is 0 Å². The van der Waals surface area contributed by atoms with Gasteiger partial charge in [-0.05, 0) is 30.5 Å². The topological polar surface area (TPSA) is 30.5 Å². The monoisotopic (exact) mass is 229 g/mol. The highest BCUT2D eigenvalue weighted by molar-refractivity contribution is 7.10. The zero-order valence-corrected chi connectivity index (χ0v) is 10.6. The number of methoxy groups -OCH3 is 2. The Labute approximate surface area is 95.4 Å². The first-order valence-electron chi connectivity index (χ1n) is 5.07. The molecule has 1 aromatic rings. The summed E-state index contributed by atoms with van der Waals surface area (Å²) in [5.41, 5.74) is 1.26. The van der Waals surface area contributed by atoms with Crippen molar-refractivity contribution in [1.82, 2.24) is 5.32 Å². The molecule has 0 aliphatic heterocycles. The third kappa shape index (κ3) is 3.01. The molecule has 0 saturated heterocycles. The molecule has 1 heterocycles. The molecule has 3 nitrogen and oxygen atoms in total. The Balaban J connectivity index is 2.86. The molecule has 0 aliphatic carbocycles. The molecule has 15 heavy (non-hydrogen) atoms. The van der Waals surface area contributed by atoms with E-state index in [9.17, 15) is 0 Å². The van der Waals surface area contributed by atoms with E-state index in [1.54, 1.807) is 25.6 Å². The summed E-state index contributed by atoms with van der Waals surface area (Å²) in [4.78, 5) is 1.31. The number of hydrogen-bond acceptors (Lipinski definition) is 4. The molecule has 1 atom stereocenters. The van der Waals surface area contributed by atoms with Crippen LogP contribution in [0.4, 0.5) is 0 Å². The van der Waals surface area contributed by atoms with Crippen molar-refractivity contribution in [1.29, 1.82) is 0 Å². The molecule has 1 rings (SSSR count). The maximum atomic E-state index is 5.31. The molecule has 0 fully saturated rings. The summed E-state index contributed by atoms with van der Waals surface area (Å²) in [7, 11) is 3.33. The highest BCUT2D eigenvalue weighted by Crippen LogP contribution is 2.26. The molecule has 0 amide bonds. The minimum atomic E-state index is -0.238. The van der Waals surface area contributed by atoms with E-state index in [-0.39, 0.29) is 12.3 Å². The van der Waals surface area contributed by atoms with Crippen LogP contribution < -0.4 is 5.32 Å². The summed E-state index contributed by atoms with van der Waals surface area (Å²) in [6.07, 6.45) is -0.238. The molecule has 4 heteroatoms. The summed E-state index contributed by atoms with van der Waals surface area (Å²) < 4.78 is 10.6. The minimum absolute atomic E-state index is 0.108. The summed E-state index contributed by atoms with van der Waals surface area (Å²) in [5.74, 6) is 0. The molecule has 1 N–H and O–H groups in total. The van der Waals surface area contributed by atoms with Gasteiger partial charge in [0.25, 0.3) is 0 Å². The number of nitrogens with one attached hydrogen (secondary N) is 1. The smallest absolute Gasteiger partial charge is 0.176 e. The lowest BCUT2D eigenvalue weighted by Crippen LogP contribution is -2.34. The van der Waals surface area contributed by atoms with Gasteiger partial charge in [-0.1, -0.05) is 6.92 Å². The Morgan fingerprint density at radius 2 is 2.07 bits per heavy atom. The van der Waals surface area contributed by atoms with Crippen LogP contribution in [0.15, 0.2) is 11.4 Å². The lowest BCUT2D eigenvalue weighted by molar-refractivity contribution is -0.123. The number of aryl methyl sites for hydroxylation is 1. The van der Waals surface area contributed by atoms with Crippen LogP contribution in [0.3, 0.4) is 0 Å². The molecule has 0 aromatic carbocycles. The lowest BCUT2D eigenvalue weighted by Gasteiger charge is -2.25. The van der Waals surface area contributed by atoms with Gasteiger partial charge in [-0.25, -0.2) is 0 Å². The number of likely N-dealkylation sites (N-methyl/N-ethyl adjacent to an activating group) is 1. The van der Waals surface area contributed by atoms with Gasteiger partial charge in [-0.15, -0.1) is 11.3 Å². The van der Waals surface area contributed by atoms with Gasteiger partial charge in [0.15, 0.2) is 6.29 Å². The molecular weight excluding hydrogens is 210 g/mol. The number of rotatable bonds is 6. The molecule has 1 aromatic heterocycles. The fourth-order valence-corrected chi connectivity index (χ4v) is 2.41. The second-order valence-corrected chi connectivity index (χ2v) is 4.43. The van der Waals surface area contributed by atoms with Crippen molar-refractivity contribution in [3.63, 3.8) is 0 Å². The summed E-state index contributed by atoms with van der Waals surface area (Å²) in [5, 5.41) is 5.48. The van der Waals surface area contributed by atoms with Crippen molar-refractivity contribution in [2.45, 2.75) is 26.2 Å². The van der Waals surface area contributed by atoms with E-state index in [0.717, 1.165) is 6.54 Å². The van der Waals surface area contributed by atoms with Gasteiger partial charge in [0.1, 0.15) is 0 Å². The Morgan fingerprint density at radius 3 is 2.47 bits per heavy atom. The first-order valence-corrected chi connectivity index (χ1v) is 5.95. The van der Waals surface area contributed by atoms with E-state index in [2.05, 4.69) is 30.6 Å². The molecule has 0 saturated carbocycles. The fourth-order valence-electron chi connectivity index (χ4n) is 1.66. The van der Waals surface area contributed by atoms with E-state index in [4.69, 9.17) is 9.47 Å². The van der Waals surface area contributed by atoms with E-state index >= 15 is 0 Å². The van der Waals surface area contributed by atoms with Gasteiger partial charge < -0.3 is 14.8 Å².